The Morgan fingerprint density at radius 2 is 1.65 bits per heavy atom. The first kappa shape index (κ1) is 18.2. The Balaban J connectivity index is 1.91. The first-order chi connectivity index (χ1) is 12.6. The number of rotatable bonds is 4. The van der Waals surface area contributed by atoms with Crippen LogP contribution in [0.15, 0.2) is 59.3 Å². The summed E-state index contributed by atoms with van der Waals surface area (Å²) >= 11 is 0. The lowest BCUT2D eigenvalue weighted by molar-refractivity contribution is 0.106. The highest BCUT2D eigenvalue weighted by atomic mass is 19.1. The number of hydrogen-bond donors (Lipinski definition) is 3. The zero-order valence-electron chi connectivity index (χ0n) is 14.1. The maximum absolute atomic E-state index is 13.2. The molecule has 3 N–H and O–H groups in total. The molecule has 136 valence electrons. The van der Waals surface area contributed by atoms with Gasteiger partial charge in [-0.15, -0.1) is 0 Å². The Bertz CT molecular complexity index is 802. The number of allylic oxidation sites excluding steroid dienone is 1. The Morgan fingerprint density at radius 1 is 1.04 bits per heavy atom. The Hall–Kier alpha value is -2.57. The number of nitrogens with zero attached hydrogens (tertiary/aromatic N) is 1. The molecule has 0 bridgehead atoms. The summed E-state index contributed by atoms with van der Waals surface area (Å²) in [7, 11) is 0. The molecule has 0 aliphatic heterocycles. The zero-order chi connectivity index (χ0) is 18.5. The van der Waals surface area contributed by atoms with Crippen LogP contribution in [0.3, 0.4) is 0 Å². The number of benzene rings is 2. The van der Waals surface area contributed by atoms with Crippen LogP contribution in [-0.2, 0) is 0 Å². The van der Waals surface area contributed by atoms with Crippen molar-refractivity contribution in [3.63, 3.8) is 0 Å². The molecule has 2 aromatic rings. The second-order valence-electron chi connectivity index (χ2n) is 6.36. The third kappa shape index (κ3) is 3.98. The van der Waals surface area contributed by atoms with E-state index in [0.29, 0.717) is 17.7 Å². The van der Waals surface area contributed by atoms with Crippen molar-refractivity contribution >= 4 is 11.8 Å². The van der Waals surface area contributed by atoms with Crippen molar-refractivity contribution in [1.29, 1.82) is 0 Å². The van der Waals surface area contributed by atoms with Gasteiger partial charge in [0.25, 0.3) is 0 Å². The van der Waals surface area contributed by atoms with Crippen LogP contribution in [0.1, 0.15) is 36.4 Å². The molecule has 1 aliphatic rings. The highest BCUT2D eigenvalue weighted by Gasteiger charge is 2.32. The van der Waals surface area contributed by atoms with Gasteiger partial charge in [0.05, 0.1) is 11.8 Å². The van der Waals surface area contributed by atoms with Crippen LogP contribution in [0.2, 0.25) is 0 Å². The topological polar surface area (TPSA) is 64.9 Å². The standard InChI is InChI=1S/C20H20F2N2O2/c21-16-8-4-13(5-9-16)12-15-2-1-3-18(20(15)24-26)19(23-25)14-6-10-17(22)11-7-14/h4-12,18-19,23,25-26H,1-3H2. The summed E-state index contributed by atoms with van der Waals surface area (Å²) in [4.78, 5) is 0. The van der Waals surface area contributed by atoms with Crippen LogP contribution < -0.4 is 5.48 Å². The fraction of sp³-hybridized carbons (Fsp3) is 0.250. The lowest BCUT2D eigenvalue weighted by atomic mass is 9.77. The van der Waals surface area contributed by atoms with Gasteiger partial charge >= 0.3 is 0 Å². The molecule has 1 fully saturated rings. The van der Waals surface area contributed by atoms with Crippen LogP contribution in [0.5, 0.6) is 0 Å². The molecule has 26 heavy (non-hydrogen) atoms. The molecule has 4 nitrogen and oxygen atoms in total. The molecule has 1 aliphatic carbocycles. The number of hydroxylamine groups is 1. The van der Waals surface area contributed by atoms with Gasteiger partial charge < -0.3 is 10.4 Å². The van der Waals surface area contributed by atoms with Gasteiger partial charge in [0.2, 0.25) is 0 Å². The normalized spacial score (nSPS) is 21.9. The lowest BCUT2D eigenvalue weighted by Gasteiger charge is -2.31. The molecule has 2 atom stereocenters. The van der Waals surface area contributed by atoms with Crippen molar-refractivity contribution < 1.29 is 19.2 Å². The Morgan fingerprint density at radius 3 is 2.23 bits per heavy atom. The van der Waals surface area contributed by atoms with Crippen LogP contribution in [-0.4, -0.2) is 16.1 Å². The SMILES string of the molecule is ON=C1C(=Cc2ccc(F)cc2)CCCC1C(NO)c1ccc(F)cc1. The van der Waals surface area contributed by atoms with E-state index < -0.39 is 6.04 Å². The lowest BCUT2D eigenvalue weighted by Crippen LogP contribution is -2.34. The summed E-state index contributed by atoms with van der Waals surface area (Å²) in [5.74, 6) is -0.955. The smallest absolute Gasteiger partial charge is 0.123 e. The van der Waals surface area contributed by atoms with Crippen LogP contribution in [0.4, 0.5) is 8.78 Å². The van der Waals surface area contributed by atoms with Crippen LogP contribution >= 0.6 is 0 Å². The van der Waals surface area contributed by atoms with Crippen molar-refractivity contribution in [2.75, 3.05) is 0 Å². The Kier molecular flexibility index (Phi) is 5.75. The maximum atomic E-state index is 13.2. The highest BCUT2D eigenvalue weighted by molar-refractivity contribution is 6.06. The van der Waals surface area contributed by atoms with Gasteiger partial charge in [-0.25, -0.2) is 8.78 Å². The molecule has 0 spiro atoms. The molecule has 0 aromatic heterocycles. The molecular weight excluding hydrogens is 338 g/mol. The molecule has 0 radical (unpaired) electrons. The second-order valence-corrected chi connectivity index (χ2v) is 6.36. The average molecular weight is 358 g/mol. The minimum Gasteiger partial charge on any atom is -0.411 e. The van der Waals surface area contributed by atoms with Gasteiger partial charge in [-0.05, 0) is 66.3 Å². The van der Waals surface area contributed by atoms with Crippen molar-refractivity contribution in [2.24, 2.45) is 11.1 Å². The summed E-state index contributed by atoms with van der Waals surface area (Å²) in [6.07, 6.45) is 4.13. The van der Waals surface area contributed by atoms with E-state index >= 15 is 0 Å². The molecule has 2 unspecified atom stereocenters. The third-order valence-electron chi connectivity index (χ3n) is 4.73. The molecular formula is C20H20F2N2O2. The molecule has 0 heterocycles. The summed E-state index contributed by atoms with van der Waals surface area (Å²) in [6.45, 7) is 0. The van der Waals surface area contributed by atoms with E-state index in [1.165, 1.54) is 24.3 Å². The first-order valence-electron chi connectivity index (χ1n) is 8.46. The van der Waals surface area contributed by atoms with E-state index in [0.717, 1.165) is 24.0 Å². The van der Waals surface area contributed by atoms with Gasteiger partial charge in [0.1, 0.15) is 11.6 Å². The molecule has 3 rings (SSSR count). The fourth-order valence-electron chi connectivity index (χ4n) is 3.45. The highest BCUT2D eigenvalue weighted by Crippen LogP contribution is 2.36. The van der Waals surface area contributed by atoms with Gasteiger partial charge in [-0.2, -0.15) is 5.48 Å². The summed E-state index contributed by atoms with van der Waals surface area (Å²) in [5.41, 5.74) is 5.07. The van der Waals surface area contributed by atoms with Crippen molar-refractivity contribution in [1.82, 2.24) is 5.48 Å². The van der Waals surface area contributed by atoms with E-state index in [-0.39, 0.29) is 17.6 Å². The van der Waals surface area contributed by atoms with Crippen molar-refractivity contribution in [3.05, 3.63) is 76.9 Å². The van der Waals surface area contributed by atoms with E-state index in [9.17, 15) is 19.2 Å². The number of hydrogen-bond acceptors (Lipinski definition) is 4. The van der Waals surface area contributed by atoms with Gasteiger partial charge in [0.15, 0.2) is 0 Å². The fourth-order valence-corrected chi connectivity index (χ4v) is 3.45. The minimum absolute atomic E-state index is 0.282. The Labute approximate surface area is 150 Å². The zero-order valence-corrected chi connectivity index (χ0v) is 14.1. The van der Waals surface area contributed by atoms with E-state index in [2.05, 4.69) is 10.6 Å². The van der Waals surface area contributed by atoms with E-state index in [1.54, 1.807) is 24.3 Å². The summed E-state index contributed by atoms with van der Waals surface area (Å²) in [6, 6.07) is 11.4. The average Bonchev–Trinajstić information content (AvgIpc) is 2.66. The monoisotopic (exact) mass is 358 g/mol. The minimum atomic E-state index is -0.529. The first-order valence-corrected chi connectivity index (χ1v) is 8.46. The molecule has 0 amide bonds. The molecule has 6 heteroatoms. The predicted octanol–water partition coefficient (Wildman–Crippen LogP) is 4.70. The number of nitrogens with one attached hydrogen (secondary N) is 1. The summed E-state index contributed by atoms with van der Waals surface area (Å²) < 4.78 is 26.3. The molecule has 1 saturated carbocycles. The van der Waals surface area contributed by atoms with Gasteiger partial charge in [-0.3, -0.25) is 0 Å². The maximum Gasteiger partial charge on any atom is 0.123 e. The van der Waals surface area contributed by atoms with Gasteiger partial charge in [-0.1, -0.05) is 29.4 Å². The van der Waals surface area contributed by atoms with E-state index in [1.807, 2.05) is 6.08 Å². The quantitative estimate of drug-likeness (QED) is 0.548. The van der Waals surface area contributed by atoms with Crippen molar-refractivity contribution in [3.8, 4) is 0 Å². The number of halogens is 2. The largest absolute Gasteiger partial charge is 0.411 e. The van der Waals surface area contributed by atoms with E-state index in [4.69, 9.17) is 0 Å². The third-order valence-corrected chi connectivity index (χ3v) is 4.73. The summed E-state index contributed by atoms with van der Waals surface area (Å²) in [5, 5.41) is 22.8. The van der Waals surface area contributed by atoms with Crippen molar-refractivity contribution in [2.45, 2.75) is 25.3 Å². The second kappa shape index (κ2) is 8.21. The van der Waals surface area contributed by atoms with Crippen LogP contribution in [0.25, 0.3) is 6.08 Å². The molecule has 0 saturated heterocycles. The van der Waals surface area contributed by atoms with Crippen LogP contribution in [0, 0.1) is 17.6 Å². The predicted molar refractivity (Wildman–Crippen MR) is 95.0 cm³/mol. The number of oxime groups is 1. The molecule has 2 aromatic carbocycles. The van der Waals surface area contributed by atoms with Gasteiger partial charge in [0, 0.05) is 5.92 Å².